The lowest BCUT2D eigenvalue weighted by molar-refractivity contribution is 0.0697. The van der Waals surface area contributed by atoms with Crippen molar-refractivity contribution in [1.29, 1.82) is 0 Å². The first kappa shape index (κ1) is 11.5. The third-order valence-corrected chi connectivity index (χ3v) is 3.05. The van der Waals surface area contributed by atoms with Gasteiger partial charge < -0.3 is 5.11 Å². The molecule has 0 saturated carbocycles. The summed E-state index contributed by atoms with van der Waals surface area (Å²) in [6, 6.07) is 11.1. The number of imidazole rings is 1. The summed E-state index contributed by atoms with van der Waals surface area (Å²) in [5.41, 5.74) is 3.87. The Bertz CT molecular complexity index is 775. The Morgan fingerprint density at radius 2 is 2.11 bits per heavy atom. The normalized spacial score (nSPS) is 10.8. The van der Waals surface area contributed by atoms with Crippen molar-refractivity contribution in [2.45, 2.75) is 6.92 Å². The molecule has 19 heavy (non-hydrogen) atoms. The van der Waals surface area contributed by atoms with Crippen LogP contribution < -0.4 is 0 Å². The van der Waals surface area contributed by atoms with E-state index in [9.17, 15) is 4.79 Å². The van der Waals surface area contributed by atoms with Gasteiger partial charge in [-0.15, -0.1) is 0 Å². The molecule has 2 aromatic heterocycles. The van der Waals surface area contributed by atoms with E-state index >= 15 is 0 Å². The maximum absolute atomic E-state index is 11.1. The molecule has 4 heteroatoms. The number of aryl methyl sites for hydroxylation is 1. The third-order valence-electron chi connectivity index (χ3n) is 3.05. The van der Waals surface area contributed by atoms with Crippen LogP contribution in [0.1, 0.15) is 15.9 Å². The second kappa shape index (κ2) is 4.24. The van der Waals surface area contributed by atoms with Gasteiger partial charge in [0.05, 0.1) is 11.3 Å². The van der Waals surface area contributed by atoms with E-state index in [-0.39, 0.29) is 0 Å². The van der Waals surface area contributed by atoms with E-state index in [0.29, 0.717) is 5.56 Å². The largest absolute Gasteiger partial charge is 0.478 e. The average Bonchev–Trinajstić information content (AvgIpc) is 2.85. The fraction of sp³-hybridized carbons (Fsp3) is 0.0667. The molecule has 1 aromatic carbocycles. The monoisotopic (exact) mass is 252 g/mol. The summed E-state index contributed by atoms with van der Waals surface area (Å²) in [7, 11) is 0. The standard InChI is InChI=1S/C15H12N2O2/c1-10-7-11(9-12(8-10)15(18)19)13-3-2-4-14-16-5-6-17(13)14/h2-9H,1H3,(H,18,19). The number of carboxylic acids is 1. The number of rotatable bonds is 2. The molecule has 1 N–H and O–H groups in total. The molecule has 0 aliphatic rings. The van der Waals surface area contributed by atoms with Crippen LogP contribution in [-0.2, 0) is 0 Å². The summed E-state index contributed by atoms with van der Waals surface area (Å²) in [6.45, 7) is 1.89. The van der Waals surface area contributed by atoms with Gasteiger partial charge in [0, 0.05) is 12.4 Å². The van der Waals surface area contributed by atoms with Crippen LogP contribution in [0.3, 0.4) is 0 Å². The summed E-state index contributed by atoms with van der Waals surface area (Å²) in [4.78, 5) is 15.4. The minimum absolute atomic E-state index is 0.298. The SMILES string of the molecule is Cc1cc(C(=O)O)cc(-c2cccc3nccn23)c1. The molecule has 0 fully saturated rings. The number of hydrogen-bond acceptors (Lipinski definition) is 2. The fourth-order valence-electron chi connectivity index (χ4n) is 2.24. The molecule has 0 atom stereocenters. The fourth-order valence-corrected chi connectivity index (χ4v) is 2.24. The Morgan fingerprint density at radius 3 is 2.89 bits per heavy atom. The molecular formula is C15H12N2O2. The van der Waals surface area contributed by atoms with E-state index in [1.165, 1.54) is 0 Å². The quantitative estimate of drug-likeness (QED) is 0.762. The first-order chi connectivity index (χ1) is 9.15. The average molecular weight is 252 g/mol. The molecule has 3 rings (SSSR count). The Labute approximate surface area is 110 Å². The zero-order valence-electron chi connectivity index (χ0n) is 10.4. The van der Waals surface area contributed by atoms with E-state index in [1.54, 1.807) is 18.3 Å². The van der Waals surface area contributed by atoms with Crippen LogP contribution in [0.5, 0.6) is 0 Å². The Hall–Kier alpha value is -2.62. The van der Waals surface area contributed by atoms with Crippen LogP contribution in [0.15, 0.2) is 48.8 Å². The maximum Gasteiger partial charge on any atom is 0.335 e. The molecule has 0 amide bonds. The number of aromatic nitrogens is 2. The van der Waals surface area contributed by atoms with Gasteiger partial charge in [0.1, 0.15) is 5.65 Å². The Kier molecular flexibility index (Phi) is 2.56. The second-order valence-electron chi connectivity index (χ2n) is 4.46. The van der Waals surface area contributed by atoms with Gasteiger partial charge in [0.15, 0.2) is 0 Å². The summed E-state index contributed by atoms with van der Waals surface area (Å²) in [5.74, 6) is -0.914. The highest BCUT2D eigenvalue weighted by Crippen LogP contribution is 2.23. The topological polar surface area (TPSA) is 54.6 Å². The molecule has 0 bridgehead atoms. The van der Waals surface area contributed by atoms with Crippen molar-refractivity contribution in [3.05, 3.63) is 59.9 Å². The number of benzene rings is 1. The van der Waals surface area contributed by atoms with Gasteiger partial charge in [0.2, 0.25) is 0 Å². The highest BCUT2D eigenvalue weighted by Gasteiger charge is 2.09. The number of hydrogen-bond donors (Lipinski definition) is 1. The van der Waals surface area contributed by atoms with Crippen molar-refractivity contribution in [3.8, 4) is 11.3 Å². The molecule has 0 aliphatic heterocycles. The zero-order valence-corrected chi connectivity index (χ0v) is 10.4. The minimum atomic E-state index is -0.914. The molecule has 0 saturated heterocycles. The lowest BCUT2D eigenvalue weighted by Gasteiger charge is -2.08. The molecule has 2 heterocycles. The smallest absolute Gasteiger partial charge is 0.335 e. The number of nitrogens with zero attached hydrogens (tertiary/aromatic N) is 2. The predicted octanol–water partition coefficient (Wildman–Crippen LogP) is 3.01. The summed E-state index contributed by atoms with van der Waals surface area (Å²) < 4.78 is 1.94. The van der Waals surface area contributed by atoms with E-state index in [2.05, 4.69) is 4.98 Å². The van der Waals surface area contributed by atoms with Crippen molar-refractivity contribution in [2.24, 2.45) is 0 Å². The minimum Gasteiger partial charge on any atom is -0.478 e. The molecule has 0 aliphatic carbocycles. The third kappa shape index (κ3) is 1.97. The van der Waals surface area contributed by atoms with Gasteiger partial charge in [-0.05, 0) is 48.4 Å². The second-order valence-corrected chi connectivity index (χ2v) is 4.46. The van der Waals surface area contributed by atoms with Gasteiger partial charge in [0.25, 0.3) is 0 Å². The molecule has 94 valence electrons. The van der Waals surface area contributed by atoms with Crippen LogP contribution in [0.2, 0.25) is 0 Å². The highest BCUT2D eigenvalue weighted by molar-refractivity contribution is 5.89. The number of pyridine rings is 1. The lowest BCUT2D eigenvalue weighted by atomic mass is 10.0. The van der Waals surface area contributed by atoms with E-state index in [0.717, 1.165) is 22.5 Å². The van der Waals surface area contributed by atoms with Gasteiger partial charge in [-0.2, -0.15) is 0 Å². The highest BCUT2D eigenvalue weighted by atomic mass is 16.4. The summed E-state index contributed by atoms with van der Waals surface area (Å²) in [5, 5.41) is 9.13. The van der Waals surface area contributed by atoms with E-state index < -0.39 is 5.97 Å². The summed E-state index contributed by atoms with van der Waals surface area (Å²) >= 11 is 0. The molecule has 4 nitrogen and oxygen atoms in total. The van der Waals surface area contributed by atoms with Crippen molar-refractivity contribution >= 4 is 11.6 Å². The van der Waals surface area contributed by atoms with Crippen LogP contribution >= 0.6 is 0 Å². The number of carboxylic acid groups (broad SMARTS) is 1. The predicted molar refractivity (Wildman–Crippen MR) is 72.3 cm³/mol. The van der Waals surface area contributed by atoms with Crippen molar-refractivity contribution in [3.63, 3.8) is 0 Å². The molecule has 0 unspecified atom stereocenters. The first-order valence-electron chi connectivity index (χ1n) is 5.92. The van der Waals surface area contributed by atoms with Gasteiger partial charge in [-0.25, -0.2) is 9.78 Å². The van der Waals surface area contributed by atoms with Crippen LogP contribution in [0.25, 0.3) is 16.9 Å². The molecule has 3 aromatic rings. The molecular weight excluding hydrogens is 240 g/mol. The molecule has 0 radical (unpaired) electrons. The first-order valence-corrected chi connectivity index (χ1v) is 5.92. The van der Waals surface area contributed by atoms with Crippen LogP contribution in [0.4, 0.5) is 0 Å². The van der Waals surface area contributed by atoms with Gasteiger partial charge in [-0.1, -0.05) is 6.07 Å². The lowest BCUT2D eigenvalue weighted by Crippen LogP contribution is -1.98. The van der Waals surface area contributed by atoms with E-state index in [4.69, 9.17) is 5.11 Å². The van der Waals surface area contributed by atoms with Crippen LogP contribution in [-0.4, -0.2) is 20.5 Å². The van der Waals surface area contributed by atoms with Crippen molar-refractivity contribution in [1.82, 2.24) is 9.38 Å². The summed E-state index contributed by atoms with van der Waals surface area (Å²) in [6.07, 6.45) is 3.60. The molecule has 0 spiro atoms. The van der Waals surface area contributed by atoms with Gasteiger partial charge >= 0.3 is 5.97 Å². The number of carbonyl (C=O) groups is 1. The van der Waals surface area contributed by atoms with E-state index in [1.807, 2.05) is 41.8 Å². The number of fused-ring (bicyclic) bond motifs is 1. The van der Waals surface area contributed by atoms with Crippen LogP contribution in [0, 0.1) is 6.92 Å². The van der Waals surface area contributed by atoms with Gasteiger partial charge in [-0.3, -0.25) is 4.40 Å². The van der Waals surface area contributed by atoms with Crippen molar-refractivity contribution in [2.75, 3.05) is 0 Å². The Balaban J connectivity index is 2.26. The maximum atomic E-state index is 11.1. The Morgan fingerprint density at radius 1 is 1.26 bits per heavy atom. The van der Waals surface area contributed by atoms with Crippen molar-refractivity contribution < 1.29 is 9.90 Å². The number of aromatic carboxylic acids is 1. The zero-order chi connectivity index (χ0) is 13.4.